The average Bonchev–Trinajstić information content (AvgIpc) is 3.21. The monoisotopic (exact) mass is 337 g/mol. The molecule has 3 rings (SSSR count). The van der Waals surface area contributed by atoms with Crippen LogP contribution in [-0.2, 0) is 19.3 Å². The topological polar surface area (TPSA) is 64.6 Å². The SMILES string of the molecule is Cc1cc(B2OC(C)(C)C(C)(C)O2)ccc1NS(=O)(=O)C1CC1. The van der Waals surface area contributed by atoms with E-state index in [0.717, 1.165) is 23.9 Å². The highest BCUT2D eigenvalue weighted by atomic mass is 32.2. The van der Waals surface area contributed by atoms with Crippen LogP contribution < -0.4 is 10.2 Å². The fraction of sp³-hybridized carbons (Fsp3) is 0.625. The summed E-state index contributed by atoms with van der Waals surface area (Å²) in [7, 11) is -3.68. The van der Waals surface area contributed by atoms with Crippen LogP contribution in [0, 0.1) is 6.92 Å². The molecular formula is C16H24BNO4S. The predicted octanol–water partition coefficient (Wildman–Crippen LogP) is 2.20. The standard InChI is InChI=1S/C16H24BNO4S/c1-11-10-12(17-21-15(2,3)16(4,5)22-17)6-9-14(11)18-23(19,20)13-7-8-13/h6,9-10,13,18H,7-8H2,1-5H3. The van der Waals surface area contributed by atoms with Crippen LogP contribution in [0.3, 0.4) is 0 Å². The maximum Gasteiger partial charge on any atom is 0.494 e. The lowest BCUT2D eigenvalue weighted by Crippen LogP contribution is -2.41. The first kappa shape index (κ1) is 16.8. The van der Waals surface area contributed by atoms with E-state index in [0.29, 0.717) is 5.69 Å². The van der Waals surface area contributed by atoms with Gasteiger partial charge in [0.1, 0.15) is 0 Å². The second-order valence-corrected chi connectivity index (χ2v) is 9.47. The molecular weight excluding hydrogens is 313 g/mol. The molecule has 1 saturated carbocycles. The third-order valence-corrected chi connectivity index (χ3v) is 6.84. The average molecular weight is 337 g/mol. The third kappa shape index (κ3) is 3.14. The molecule has 0 unspecified atom stereocenters. The molecule has 1 aliphatic carbocycles. The van der Waals surface area contributed by atoms with Gasteiger partial charge in [-0.25, -0.2) is 8.42 Å². The molecule has 0 spiro atoms. The van der Waals surface area contributed by atoms with Gasteiger partial charge in [0.15, 0.2) is 0 Å². The van der Waals surface area contributed by atoms with Gasteiger partial charge >= 0.3 is 7.12 Å². The van der Waals surface area contributed by atoms with E-state index in [1.807, 2.05) is 46.8 Å². The van der Waals surface area contributed by atoms with Gasteiger partial charge in [-0.1, -0.05) is 12.1 Å². The Morgan fingerprint density at radius 2 is 1.70 bits per heavy atom. The Morgan fingerprint density at radius 3 is 2.17 bits per heavy atom. The van der Waals surface area contributed by atoms with Crippen molar-refractivity contribution in [2.45, 2.75) is 63.9 Å². The normalized spacial score (nSPS) is 23.1. The van der Waals surface area contributed by atoms with E-state index in [2.05, 4.69) is 4.72 Å². The van der Waals surface area contributed by atoms with Gasteiger partial charge in [0.25, 0.3) is 0 Å². The van der Waals surface area contributed by atoms with Crippen molar-refractivity contribution >= 4 is 28.3 Å². The number of aryl methyl sites for hydroxylation is 1. The van der Waals surface area contributed by atoms with Gasteiger partial charge < -0.3 is 9.31 Å². The summed E-state index contributed by atoms with van der Waals surface area (Å²) in [4.78, 5) is 0. The Balaban J connectivity index is 1.80. The fourth-order valence-electron chi connectivity index (χ4n) is 2.54. The summed E-state index contributed by atoms with van der Waals surface area (Å²) in [5.74, 6) is 0. The predicted molar refractivity (Wildman–Crippen MR) is 92.5 cm³/mol. The summed E-state index contributed by atoms with van der Waals surface area (Å²) < 4.78 is 38.9. The Kier molecular flexibility index (Phi) is 3.82. The van der Waals surface area contributed by atoms with Crippen molar-refractivity contribution in [1.82, 2.24) is 0 Å². The van der Waals surface area contributed by atoms with Crippen LogP contribution in [-0.4, -0.2) is 32.0 Å². The Labute approximate surface area is 138 Å². The van der Waals surface area contributed by atoms with Gasteiger partial charge in [0.05, 0.1) is 22.1 Å². The minimum atomic E-state index is -3.24. The molecule has 1 N–H and O–H groups in total. The smallest absolute Gasteiger partial charge is 0.399 e. The molecule has 0 amide bonds. The number of anilines is 1. The van der Waals surface area contributed by atoms with E-state index in [4.69, 9.17) is 9.31 Å². The van der Waals surface area contributed by atoms with Crippen molar-refractivity contribution in [2.75, 3.05) is 4.72 Å². The highest BCUT2D eigenvalue weighted by Gasteiger charge is 2.51. The van der Waals surface area contributed by atoms with Gasteiger partial charge in [-0.3, -0.25) is 4.72 Å². The maximum atomic E-state index is 12.1. The first-order valence-electron chi connectivity index (χ1n) is 8.00. The van der Waals surface area contributed by atoms with Crippen molar-refractivity contribution in [3.8, 4) is 0 Å². The highest BCUT2D eigenvalue weighted by molar-refractivity contribution is 7.93. The maximum absolute atomic E-state index is 12.1. The minimum absolute atomic E-state index is 0.232. The van der Waals surface area contributed by atoms with Gasteiger partial charge in [-0.2, -0.15) is 0 Å². The molecule has 1 aromatic rings. The lowest BCUT2D eigenvalue weighted by atomic mass is 9.78. The van der Waals surface area contributed by atoms with Gasteiger partial charge in [-0.15, -0.1) is 0 Å². The molecule has 0 atom stereocenters. The first-order chi connectivity index (χ1) is 10.5. The van der Waals surface area contributed by atoms with E-state index in [9.17, 15) is 8.42 Å². The summed E-state index contributed by atoms with van der Waals surface area (Å²) in [6.45, 7) is 9.94. The Morgan fingerprint density at radius 1 is 1.13 bits per heavy atom. The lowest BCUT2D eigenvalue weighted by molar-refractivity contribution is 0.00578. The summed E-state index contributed by atoms with van der Waals surface area (Å²) in [6.07, 6.45) is 1.50. The Bertz CT molecular complexity index is 710. The quantitative estimate of drug-likeness (QED) is 0.856. The van der Waals surface area contributed by atoms with E-state index < -0.39 is 28.3 Å². The van der Waals surface area contributed by atoms with E-state index in [1.165, 1.54) is 0 Å². The molecule has 1 heterocycles. The zero-order chi connectivity index (χ0) is 17.0. The number of nitrogens with one attached hydrogen (secondary N) is 1. The zero-order valence-corrected chi connectivity index (χ0v) is 15.2. The van der Waals surface area contributed by atoms with Crippen LogP contribution in [0.5, 0.6) is 0 Å². The molecule has 23 heavy (non-hydrogen) atoms. The molecule has 0 bridgehead atoms. The first-order valence-corrected chi connectivity index (χ1v) is 9.54. The molecule has 0 aromatic heterocycles. The van der Waals surface area contributed by atoms with E-state index in [-0.39, 0.29) is 5.25 Å². The second kappa shape index (κ2) is 5.23. The highest BCUT2D eigenvalue weighted by Crippen LogP contribution is 2.36. The van der Waals surface area contributed by atoms with E-state index in [1.54, 1.807) is 6.07 Å². The molecule has 1 saturated heterocycles. The van der Waals surface area contributed by atoms with Crippen LogP contribution in [0.15, 0.2) is 18.2 Å². The van der Waals surface area contributed by atoms with Gasteiger partial charge in [0.2, 0.25) is 10.0 Å². The van der Waals surface area contributed by atoms with Crippen LogP contribution in [0.25, 0.3) is 0 Å². The number of hydrogen-bond acceptors (Lipinski definition) is 4. The summed E-state index contributed by atoms with van der Waals surface area (Å²) in [6, 6.07) is 5.57. The molecule has 0 radical (unpaired) electrons. The van der Waals surface area contributed by atoms with Crippen LogP contribution in [0.1, 0.15) is 46.1 Å². The molecule has 1 aromatic carbocycles. The molecule has 1 aliphatic heterocycles. The molecule has 126 valence electrons. The van der Waals surface area contributed by atoms with Crippen molar-refractivity contribution in [1.29, 1.82) is 0 Å². The zero-order valence-electron chi connectivity index (χ0n) is 14.3. The largest absolute Gasteiger partial charge is 0.494 e. The summed E-state index contributed by atoms with van der Waals surface area (Å²) in [5, 5.41) is -0.232. The number of hydrogen-bond donors (Lipinski definition) is 1. The van der Waals surface area contributed by atoms with Gasteiger partial charge in [-0.05, 0) is 64.6 Å². The molecule has 5 nitrogen and oxygen atoms in total. The third-order valence-electron chi connectivity index (χ3n) is 4.99. The number of sulfonamides is 1. The van der Waals surface area contributed by atoms with Crippen LogP contribution in [0.4, 0.5) is 5.69 Å². The second-order valence-electron chi connectivity index (χ2n) is 7.51. The van der Waals surface area contributed by atoms with Crippen molar-refractivity contribution < 1.29 is 17.7 Å². The van der Waals surface area contributed by atoms with Crippen molar-refractivity contribution in [3.05, 3.63) is 23.8 Å². The Hall–Kier alpha value is -1.05. The minimum Gasteiger partial charge on any atom is -0.399 e. The number of benzene rings is 1. The van der Waals surface area contributed by atoms with Crippen molar-refractivity contribution in [2.24, 2.45) is 0 Å². The van der Waals surface area contributed by atoms with Crippen LogP contribution >= 0.6 is 0 Å². The summed E-state index contributed by atoms with van der Waals surface area (Å²) >= 11 is 0. The summed E-state index contributed by atoms with van der Waals surface area (Å²) in [5.41, 5.74) is 1.60. The van der Waals surface area contributed by atoms with Crippen molar-refractivity contribution in [3.63, 3.8) is 0 Å². The molecule has 2 fully saturated rings. The fourth-order valence-corrected chi connectivity index (χ4v) is 4.00. The van der Waals surface area contributed by atoms with Gasteiger partial charge in [0, 0.05) is 0 Å². The number of rotatable bonds is 4. The lowest BCUT2D eigenvalue weighted by Gasteiger charge is -2.32. The molecule has 2 aliphatic rings. The van der Waals surface area contributed by atoms with E-state index >= 15 is 0 Å². The molecule has 7 heteroatoms. The van der Waals surface area contributed by atoms with Crippen LogP contribution in [0.2, 0.25) is 0 Å².